The van der Waals surface area contributed by atoms with Crippen molar-refractivity contribution < 1.29 is 8.78 Å². The lowest BCUT2D eigenvalue weighted by Gasteiger charge is -2.18. The summed E-state index contributed by atoms with van der Waals surface area (Å²) in [5.41, 5.74) is 0.311. The summed E-state index contributed by atoms with van der Waals surface area (Å²) in [6.07, 6.45) is 0.908. The first-order valence-corrected chi connectivity index (χ1v) is 9.46. The molecule has 7 heteroatoms. The molecule has 114 valence electrons. The third kappa shape index (κ3) is 4.13. The van der Waals surface area contributed by atoms with Gasteiger partial charge in [0.15, 0.2) is 0 Å². The van der Waals surface area contributed by atoms with Crippen LogP contribution in [0.1, 0.15) is 29.8 Å². The number of halogens is 5. The van der Waals surface area contributed by atoms with Crippen LogP contribution in [0, 0.1) is 11.6 Å². The van der Waals surface area contributed by atoms with Crippen molar-refractivity contribution >= 4 is 59.1 Å². The smallest absolute Gasteiger partial charge is 0.137 e. The van der Waals surface area contributed by atoms with Crippen molar-refractivity contribution in [1.82, 2.24) is 5.32 Å². The van der Waals surface area contributed by atoms with Gasteiger partial charge in [-0.05, 0) is 79.0 Å². The Morgan fingerprint density at radius 3 is 2.38 bits per heavy atom. The highest BCUT2D eigenvalue weighted by atomic mass is 79.9. The number of hydrogen-bond donors (Lipinski definition) is 1. The predicted molar refractivity (Wildman–Crippen MR) is 93.9 cm³/mol. The van der Waals surface area contributed by atoms with Crippen molar-refractivity contribution in [3.05, 3.63) is 53.0 Å². The van der Waals surface area contributed by atoms with Gasteiger partial charge in [0.1, 0.15) is 11.6 Å². The van der Waals surface area contributed by atoms with Gasteiger partial charge in [0.25, 0.3) is 0 Å². The summed E-state index contributed by atoms with van der Waals surface area (Å²) in [5.74, 6) is -0.901. The predicted octanol–water partition coefficient (Wildman–Crippen LogP) is 6.40. The van der Waals surface area contributed by atoms with Gasteiger partial charge in [-0.3, -0.25) is 0 Å². The van der Waals surface area contributed by atoms with E-state index in [0.29, 0.717) is 5.56 Å². The first-order chi connectivity index (χ1) is 9.93. The number of benzene rings is 1. The highest BCUT2D eigenvalue weighted by Crippen LogP contribution is 2.38. The van der Waals surface area contributed by atoms with E-state index in [1.165, 1.54) is 23.5 Å². The summed E-state index contributed by atoms with van der Waals surface area (Å²) in [5, 5.41) is 3.28. The maximum Gasteiger partial charge on any atom is 0.137 e. The Morgan fingerprint density at radius 2 is 1.81 bits per heavy atom. The Bertz CT molecular complexity index is 626. The van der Waals surface area contributed by atoms with Crippen LogP contribution in [-0.4, -0.2) is 6.54 Å². The second kappa shape index (κ2) is 7.64. The lowest BCUT2D eigenvalue weighted by Crippen LogP contribution is -2.23. The van der Waals surface area contributed by atoms with Crippen molar-refractivity contribution in [3.8, 4) is 0 Å². The number of nitrogens with one attached hydrogen (secondary N) is 1. The molecular weight excluding hydrogens is 492 g/mol. The fourth-order valence-corrected chi connectivity index (χ4v) is 4.42. The van der Waals surface area contributed by atoms with E-state index in [9.17, 15) is 8.78 Å². The molecule has 0 fully saturated rings. The number of rotatable bonds is 5. The van der Waals surface area contributed by atoms with E-state index in [-0.39, 0.29) is 10.5 Å². The van der Waals surface area contributed by atoms with E-state index in [1.54, 1.807) is 0 Å². The largest absolute Gasteiger partial charge is 0.306 e. The minimum absolute atomic E-state index is 0.131. The molecule has 1 atom stereocenters. The Hall–Kier alpha value is 0.180. The molecule has 1 N–H and O–H groups in total. The molecule has 1 heterocycles. The van der Waals surface area contributed by atoms with Crippen LogP contribution in [-0.2, 0) is 0 Å². The zero-order valence-corrected chi connectivity index (χ0v) is 16.6. The van der Waals surface area contributed by atoms with E-state index in [2.05, 4.69) is 53.1 Å². The van der Waals surface area contributed by atoms with Crippen LogP contribution in [0.2, 0.25) is 0 Å². The van der Waals surface area contributed by atoms with E-state index in [0.717, 1.165) is 26.1 Å². The first kappa shape index (κ1) is 17.5. The maximum atomic E-state index is 14.2. The fourth-order valence-electron chi connectivity index (χ4n) is 1.92. The average molecular weight is 504 g/mol. The van der Waals surface area contributed by atoms with E-state index < -0.39 is 11.6 Å². The average Bonchev–Trinajstić information content (AvgIpc) is 2.75. The molecule has 0 spiro atoms. The maximum absolute atomic E-state index is 14.2. The van der Waals surface area contributed by atoms with E-state index in [4.69, 9.17) is 0 Å². The Morgan fingerprint density at radius 1 is 1.10 bits per heavy atom. The number of thiophene rings is 1. The summed E-state index contributed by atoms with van der Waals surface area (Å²) >= 11 is 11.4. The molecule has 1 aromatic carbocycles. The molecule has 1 nitrogen and oxygen atoms in total. The molecule has 2 aromatic rings. The summed E-state index contributed by atoms with van der Waals surface area (Å²) in [4.78, 5) is 0.919. The zero-order chi connectivity index (χ0) is 15.6. The molecule has 0 saturated heterocycles. The second-order valence-electron chi connectivity index (χ2n) is 4.45. The first-order valence-electron chi connectivity index (χ1n) is 6.26. The molecule has 1 aromatic heterocycles. The molecule has 0 amide bonds. The summed E-state index contributed by atoms with van der Waals surface area (Å²) in [7, 11) is 0. The van der Waals surface area contributed by atoms with Crippen molar-refractivity contribution in [2.75, 3.05) is 6.54 Å². The van der Waals surface area contributed by atoms with Crippen LogP contribution in [0.4, 0.5) is 8.78 Å². The van der Waals surface area contributed by atoms with Crippen LogP contribution in [0.25, 0.3) is 0 Å². The SMILES string of the molecule is CCCNC(c1cc(Br)c(Br)s1)c1cc(F)c(Br)cc1F. The topological polar surface area (TPSA) is 12.0 Å². The molecule has 0 radical (unpaired) electrons. The molecule has 1 unspecified atom stereocenters. The summed E-state index contributed by atoms with van der Waals surface area (Å²) in [6.45, 7) is 2.75. The van der Waals surface area contributed by atoms with Gasteiger partial charge in [0.05, 0.1) is 14.3 Å². The van der Waals surface area contributed by atoms with Gasteiger partial charge < -0.3 is 5.32 Å². The van der Waals surface area contributed by atoms with Gasteiger partial charge in [0, 0.05) is 14.9 Å². The van der Waals surface area contributed by atoms with Gasteiger partial charge in [-0.15, -0.1) is 11.3 Å². The molecule has 0 aliphatic carbocycles. The Balaban J connectivity index is 2.47. The highest BCUT2D eigenvalue weighted by Gasteiger charge is 2.22. The third-order valence-electron chi connectivity index (χ3n) is 2.90. The zero-order valence-electron chi connectivity index (χ0n) is 11.0. The molecule has 0 aliphatic heterocycles. The third-order valence-corrected chi connectivity index (χ3v) is 6.83. The van der Waals surface area contributed by atoms with E-state index >= 15 is 0 Å². The van der Waals surface area contributed by atoms with Gasteiger partial charge >= 0.3 is 0 Å². The minimum Gasteiger partial charge on any atom is -0.306 e. The molecular formula is C14H12Br3F2NS. The lowest BCUT2D eigenvalue weighted by atomic mass is 10.0. The van der Waals surface area contributed by atoms with Crippen LogP contribution >= 0.6 is 59.1 Å². The molecule has 21 heavy (non-hydrogen) atoms. The fraction of sp³-hybridized carbons (Fsp3) is 0.286. The van der Waals surface area contributed by atoms with Gasteiger partial charge in [-0.1, -0.05) is 6.92 Å². The highest BCUT2D eigenvalue weighted by molar-refractivity contribution is 9.13. The van der Waals surface area contributed by atoms with Gasteiger partial charge in [-0.2, -0.15) is 0 Å². The van der Waals surface area contributed by atoms with Crippen molar-refractivity contribution in [1.29, 1.82) is 0 Å². The minimum atomic E-state index is -0.468. The number of hydrogen-bond acceptors (Lipinski definition) is 2. The molecule has 2 rings (SSSR count). The molecule has 0 saturated carbocycles. The molecule has 0 bridgehead atoms. The normalized spacial score (nSPS) is 12.7. The van der Waals surface area contributed by atoms with Crippen LogP contribution in [0.5, 0.6) is 0 Å². The van der Waals surface area contributed by atoms with Crippen molar-refractivity contribution in [2.24, 2.45) is 0 Å². The summed E-state index contributed by atoms with van der Waals surface area (Å²) in [6, 6.07) is 3.96. The van der Waals surface area contributed by atoms with Crippen molar-refractivity contribution in [2.45, 2.75) is 19.4 Å². The van der Waals surface area contributed by atoms with Crippen LogP contribution in [0.3, 0.4) is 0 Å². The second-order valence-corrected chi connectivity index (χ2v) is 8.56. The van der Waals surface area contributed by atoms with Crippen LogP contribution in [0.15, 0.2) is 30.9 Å². The standard InChI is InChI=1S/C14H12Br3F2NS/c1-2-3-20-13(12-6-9(16)14(17)21-12)7-4-11(19)8(15)5-10(7)18/h4-6,13,20H,2-3H2,1H3. The van der Waals surface area contributed by atoms with Crippen molar-refractivity contribution in [3.63, 3.8) is 0 Å². The summed E-state index contributed by atoms with van der Waals surface area (Å²) < 4.78 is 30.0. The lowest BCUT2D eigenvalue weighted by molar-refractivity contribution is 0.536. The quantitative estimate of drug-likeness (QED) is 0.465. The van der Waals surface area contributed by atoms with Gasteiger partial charge in [0.2, 0.25) is 0 Å². The monoisotopic (exact) mass is 501 g/mol. The van der Waals surface area contributed by atoms with Crippen LogP contribution < -0.4 is 5.32 Å². The Labute approximate surface area is 151 Å². The molecule has 0 aliphatic rings. The van der Waals surface area contributed by atoms with E-state index in [1.807, 2.05) is 13.0 Å². The Kier molecular flexibility index (Phi) is 6.38. The van der Waals surface area contributed by atoms with Gasteiger partial charge in [-0.25, -0.2) is 8.78 Å².